The maximum Gasteiger partial charge on any atom is 0.191 e. The number of rotatable bonds is 9. The third kappa shape index (κ3) is 6.78. The van der Waals surface area contributed by atoms with E-state index in [1.807, 2.05) is 0 Å². The van der Waals surface area contributed by atoms with Gasteiger partial charge in [-0.25, -0.2) is 0 Å². The first-order chi connectivity index (χ1) is 12.1. The summed E-state index contributed by atoms with van der Waals surface area (Å²) in [5, 5.41) is 6.94. The van der Waals surface area contributed by atoms with Crippen LogP contribution in [0.4, 0.5) is 0 Å². The lowest BCUT2D eigenvalue weighted by Gasteiger charge is -2.40. The van der Waals surface area contributed by atoms with E-state index in [-0.39, 0.29) is 0 Å². The molecule has 0 aromatic carbocycles. The molecule has 0 bridgehead atoms. The third-order valence-electron chi connectivity index (χ3n) is 5.83. The molecule has 1 heterocycles. The van der Waals surface area contributed by atoms with Gasteiger partial charge >= 0.3 is 0 Å². The van der Waals surface area contributed by atoms with E-state index in [4.69, 9.17) is 9.73 Å². The zero-order valence-corrected chi connectivity index (χ0v) is 16.9. The molecule has 2 rings (SSSR count). The van der Waals surface area contributed by atoms with Crippen LogP contribution in [0.15, 0.2) is 4.99 Å². The number of piperidine rings is 1. The van der Waals surface area contributed by atoms with Crippen LogP contribution in [0.2, 0.25) is 0 Å². The van der Waals surface area contributed by atoms with Gasteiger partial charge in [-0.05, 0) is 49.9 Å². The summed E-state index contributed by atoms with van der Waals surface area (Å²) in [6, 6.07) is 0. The first-order valence-corrected chi connectivity index (χ1v) is 10.3. The molecular formula is C20H40N4O. The van der Waals surface area contributed by atoms with Gasteiger partial charge in [-0.1, -0.05) is 20.3 Å². The van der Waals surface area contributed by atoms with Crippen molar-refractivity contribution < 1.29 is 4.74 Å². The number of aliphatic imine (C=N–C) groups is 1. The first-order valence-electron chi connectivity index (χ1n) is 10.3. The van der Waals surface area contributed by atoms with Gasteiger partial charge in [-0.15, -0.1) is 0 Å². The summed E-state index contributed by atoms with van der Waals surface area (Å²) in [4.78, 5) is 7.49. The number of likely N-dealkylation sites (tertiary alicyclic amines) is 1. The Bertz CT molecular complexity index is 399. The summed E-state index contributed by atoms with van der Waals surface area (Å²) >= 11 is 0. The van der Waals surface area contributed by atoms with Gasteiger partial charge in [0.1, 0.15) is 0 Å². The molecule has 2 atom stereocenters. The first kappa shape index (κ1) is 20.5. The summed E-state index contributed by atoms with van der Waals surface area (Å²) in [5.74, 6) is 2.62. The fraction of sp³-hybridized carbons (Fsp3) is 0.950. The predicted octanol–water partition coefficient (Wildman–Crippen LogP) is 2.73. The zero-order chi connectivity index (χ0) is 18.1. The molecule has 1 saturated carbocycles. The minimum absolute atomic E-state index is 0.385. The minimum Gasteiger partial charge on any atom is -0.385 e. The van der Waals surface area contributed by atoms with Gasteiger partial charge in [0.2, 0.25) is 0 Å². The summed E-state index contributed by atoms with van der Waals surface area (Å²) in [6.07, 6.45) is 6.44. The molecule has 0 spiro atoms. The minimum atomic E-state index is 0.385. The van der Waals surface area contributed by atoms with Crippen LogP contribution < -0.4 is 10.6 Å². The second-order valence-electron chi connectivity index (χ2n) is 8.42. The fourth-order valence-corrected chi connectivity index (χ4v) is 4.38. The normalized spacial score (nSPS) is 27.0. The van der Waals surface area contributed by atoms with Crippen molar-refractivity contribution in [2.45, 2.75) is 52.9 Å². The molecule has 2 N–H and O–H groups in total. The lowest BCUT2D eigenvalue weighted by atomic mass is 9.67. The van der Waals surface area contributed by atoms with E-state index in [2.05, 4.69) is 36.3 Å². The second kappa shape index (κ2) is 10.4. The summed E-state index contributed by atoms with van der Waals surface area (Å²) in [6.45, 7) is 14.1. The smallest absolute Gasteiger partial charge is 0.191 e. The molecule has 0 amide bonds. The van der Waals surface area contributed by atoms with Gasteiger partial charge in [-0.3, -0.25) is 4.99 Å². The standard InChI is InChI=1S/C20H40N4O/c1-5-21-19(23-16-20(7-6-8-20)9-12-25-4)22-10-11-24-14-17(2)13-18(3)15-24/h17-18H,5-16H2,1-4H3,(H2,21,22,23). The maximum absolute atomic E-state index is 5.29. The maximum atomic E-state index is 5.29. The Hall–Kier alpha value is -0.810. The third-order valence-corrected chi connectivity index (χ3v) is 5.83. The van der Waals surface area contributed by atoms with Crippen LogP contribution in [0, 0.1) is 17.3 Å². The summed E-state index contributed by atoms with van der Waals surface area (Å²) in [5.41, 5.74) is 0.385. The number of hydrogen-bond donors (Lipinski definition) is 2. The van der Waals surface area contributed by atoms with Gasteiger partial charge in [0, 0.05) is 53.0 Å². The van der Waals surface area contributed by atoms with Crippen LogP contribution in [-0.2, 0) is 4.74 Å². The lowest BCUT2D eigenvalue weighted by molar-refractivity contribution is 0.0778. The highest BCUT2D eigenvalue weighted by Crippen LogP contribution is 2.44. The average Bonchev–Trinajstić information content (AvgIpc) is 2.52. The Balaban J connectivity index is 1.77. The molecule has 0 aromatic rings. The number of nitrogens with one attached hydrogen (secondary N) is 2. The van der Waals surface area contributed by atoms with Crippen molar-refractivity contribution >= 4 is 5.96 Å². The average molecular weight is 353 g/mol. The van der Waals surface area contributed by atoms with Crippen molar-refractivity contribution in [1.82, 2.24) is 15.5 Å². The van der Waals surface area contributed by atoms with Crippen LogP contribution >= 0.6 is 0 Å². The highest BCUT2D eigenvalue weighted by Gasteiger charge is 2.36. The Morgan fingerprint density at radius 2 is 1.92 bits per heavy atom. The molecule has 146 valence electrons. The summed E-state index contributed by atoms with van der Waals surface area (Å²) in [7, 11) is 1.80. The van der Waals surface area contributed by atoms with E-state index < -0.39 is 0 Å². The number of methoxy groups -OCH3 is 1. The Kier molecular flexibility index (Phi) is 8.50. The van der Waals surface area contributed by atoms with E-state index in [1.165, 1.54) is 38.8 Å². The molecule has 2 fully saturated rings. The number of ether oxygens (including phenoxy) is 1. The van der Waals surface area contributed by atoms with Crippen molar-refractivity contribution in [2.75, 3.05) is 53.0 Å². The zero-order valence-electron chi connectivity index (χ0n) is 16.9. The van der Waals surface area contributed by atoms with E-state index in [0.29, 0.717) is 5.41 Å². The number of nitrogens with zero attached hydrogens (tertiary/aromatic N) is 2. The fourth-order valence-electron chi connectivity index (χ4n) is 4.38. The van der Waals surface area contributed by atoms with Crippen molar-refractivity contribution in [1.29, 1.82) is 0 Å². The van der Waals surface area contributed by atoms with Crippen LogP contribution in [0.5, 0.6) is 0 Å². The topological polar surface area (TPSA) is 48.9 Å². The van der Waals surface area contributed by atoms with Gasteiger partial charge in [0.25, 0.3) is 0 Å². The number of hydrogen-bond acceptors (Lipinski definition) is 3. The molecule has 2 aliphatic rings. The molecule has 1 aliphatic heterocycles. The van der Waals surface area contributed by atoms with E-state index in [0.717, 1.165) is 57.0 Å². The van der Waals surface area contributed by atoms with Crippen molar-refractivity contribution in [2.24, 2.45) is 22.2 Å². The van der Waals surface area contributed by atoms with E-state index >= 15 is 0 Å². The molecule has 0 aromatic heterocycles. The van der Waals surface area contributed by atoms with E-state index in [1.54, 1.807) is 7.11 Å². The van der Waals surface area contributed by atoms with Crippen molar-refractivity contribution in [3.63, 3.8) is 0 Å². The van der Waals surface area contributed by atoms with Gasteiger partial charge in [-0.2, -0.15) is 0 Å². The van der Waals surface area contributed by atoms with Gasteiger partial charge in [0.15, 0.2) is 5.96 Å². The molecule has 2 unspecified atom stereocenters. The highest BCUT2D eigenvalue weighted by molar-refractivity contribution is 5.79. The molecule has 5 heteroatoms. The van der Waals surface area contributed by atoms with Crippen LogP contribution in [0.25, 0.3) is 0 Å². The second-order valence-corrected chi connectivity index (χ2v) is 8.42. The van der Waals surface area contributed by atoms with Crippen LogP contribution in [0.3, 0.4) is 0 Å². The molecule has 25 heavy (non-hydrogen) atoms. The Morgan fingerprint density at radius 1 is 1.20 bits per heavy atom. The van der Waals surface area contributed by atoms with Crippen molar-refractivity contribution in [3.05, 3.63) is 0 Å². The van der Waals surface area contributed by atoms with Gasteiger partial charge in [0.05, 0.1) is 0 Å². The monoisotopic (exact) mass is 352 g/mol. The number of guanidine groups is 1. The largest absolute Gasteiger partial charge is 0.385 e. The molecule has 5 nitrogen and oxygen atoms in total. The quantitative estimate of drug-likeness (QED) is 0.495. The van der Waals surface area contributed by atoms with Crippen LogP contribution in [-0.4, -0.2) is 63.8 Å². The highest BCUT2D eigenvalue weighted by atomic mass is 16.5. The molecule has 0 radical (unpaired) electrons. The summed E-state index contributed by atoms with van der Waals surface area (Å²) < 4.78 is 5.29. The Labute approximate surface area is 155 Å². The molecular weight excluding hydrogens is 312 g/mol. The lowest BCUT2D eigenvalue weighted by Crippen LogP contribution is -2.45. The van der Waals surface area contributed by atoms with Crippen molar-refractivity contribution in [3.8, 4) is 0 Å². The predicted molar refractivity (Wildman–Crippen MR) is 106 cm³/mol. The molecule has 1 aliphatic carbocycles. The van der Waals surface area contributed by atoms with E-state index in [9.17, 15) is 0 Å². The molecule has 1 saturated heterocycles. The SMILES string of the molecule is CCNC(=NCC1(CCOC)CCC1)NCCN1CC(C)CC(C)C1. The Morgan fingerprint density at radius 3 is 2.48 bits per heavy atom. The van der Waals surface area contributed by atoms with Crippen LogP contribution in [0.1, 0.15) is 52.9 Å². The van der Waals surface area contributed by atoms with Gasteiger partial charge < -0.3 is 20.3 Å².